The number of aryl methyl sites for hydroxylation is 1. The average molecular weight is 396 g/mol. The van der Waals surface area contributed by atoms with Crippen molar-refractivity contribution in [3.8, 4) is 17.0 Å². The van der Waals surface area contributed by atoms with Crippen LogP contribution in [0.15, 0.2) is 41.8 Å². The van der Waals surface area contributed by atoms with Crippen LogP contribution in [0, 0.1) is 6.92 Å². The van der Waals surface area contributed by atoms with E-state index in [0.29, 0.717) is 27.8 Å². The number of hydrogen-bond acceptors (Lipinski definition) is 6. The lowest BCUT2D eigenvalue weighted by Gasteiger charge is -2.11. The highest BCUT2D eigenvalue weighted by Gasteiger charge is 2.17. The van der Waals surface area contributed by atoms with Crippen molar-refractivity contribution >= 4 is 28.3 Å². The maximum Gasteiger partial charge on any atom is 0.271 e. The van der Waals surface area contributed by atoms with Gasteiger partial charge in [0.05, 0.1) is 24.1 Å². The van der Waals surface area contributed by atoms with Gasteiger partial charge in [0.25, 0.3) is 11.8 Å². The van der Waals surface area contributed by atoms with Crippen LogP contribution in [0.25, 0.3) is 11.3 Å². The highest BCUT2D eigenvalue weighted by atomic mass is 32.1. The Labute approximate surface area is 167 Å². The summed E-state index contributed by atoms with van der Waals surface area (Å²) in [7, 11) is 4.91. The molecule has 1 N–H and O–H groups in total. The van der Waals surface area contributed by atoms with Gasteiger partial charge in [0, 0.05) is 25.0 Å². The fourth-order valence-electron chi connectivity index (χ4n) is 2.62. The first-order chi connectivity index (χ1) is 13.4. The number of benzene rings is 1. The molecular formula is C20H20N4O3S. The fraction of sp³-hybridized carbons (Fsp3) is 0.200. The zero-order valence-corrected chi connectivity index (χ0v) is 16.8. The molecule has 0 saturated carbocycles. The van der Waals surface area contributed by atoms with E-state index in [1.807, 2.05) is 29.6 Å². The molecule has 144 valence electrons. The normalized spacial score (nSPS) is 10.4. The van der Waals surface area contributed by atoms with E-state index >= 15 is 0 Å². The number of rotatable bonds is 5. The maximum absolute atomic E-state index is 12.6. The zero-order chi connectivity index (χ0) is 20.3. The number of carbonyl (C=O) groups excluding carboxylic acids is 2. The molecule has 3 rings (SSSR count). The first-order valence-corrected chi connectivity index (χ1v) is 9.38. The van der Waals surface area contributed by atoms with Crippen LogP contribution in [0.5, 0.6) is 5.75 Å². The minimum atomic E-state index is -0.324. The quantitative estimate of drug-likeness (QED) is 0.714. The van der Waals surface area contributed by atoms with Gasteiger partial charge < -0.3 is 9.64 Å². The van der Waals surface area contributed by atoms with Crippen LogP contribution in [0.3, 0.4) is 0 Å². The summed E-state index contributed by atoms with van der Waals surface area (Å²) in [6, 6.07) is 10.7. The van der Waals surface area contributed by atoms with Crippen molar-refractivity contribution in [1.29, 1.82) is 0 Å². The SMILES string of the molecule is COc1ccccc1-c1csc(NC(=O)c2ccc(C(=O)N(C)C)nc2C)n1. The summed E-state index contributed by atoms with van der Waals surface area (Å²) in [5.74, 6) is 0.179. The molecule has 0 aliphatic rings. The third-order valence-electron chi connectivity index (χ3n) is 4.06. The van der Waals surface area contributed by atoms with Crippen molar-refractivity contribution in [2.75, 3.05) is 26.5 Å². The minimum absolute atomic E-state index is 0.212. The van der Waals surface area contributed by atoms with Crippen molar-refractivity contribution in [2.24, 2.45) is 0 Å². The van der Waals surface area contributed by atoms with Gasteiger partial charge in [-0.25, -0.2) is 9.97 Å². The molecule has 0 bridgehead atoms. The van der Waals surface area contributed by atoms with Crippen molar-refractivity contribution < 1.29 is 14.3 Å². The number of anilines is 1. The van der Waals surface area contributed by atoms with Gasteiger partial charge in [-0.05, 0) is 31.2 Å². The predicted molar refractivity (Wildman–Crippen MR) is 109 cm³/mol. The smallest absolute Gasteiger partial charge is 0.271 e. The largest absolute Gasteiger partial charge is 0.496 e. The summed E-state index contributed by atoms with van der Waals surface area (Å²) < 4.78 is 5.36. The van der Waals surface area contributed by atoms with E-state index in [4.69, 9.17) is 4.74 Å². The molecule has 2 aromatic heterocycles. The Morgan fingerprint density at radius 2 is 1.86 bits per heavy atom. The number of amides is 2. The van der Waals surface area contributed by atoms with Crippen LogP contribution in [0.1, 0.15) is 26.5 Å². The number of ether oxygens (including phenoxy) is 1. The fourth-order valence-corrected chi connectivity index (χ4v) is 3.33. The Balaban J connectivity index is 1.79. The molecule has 2 heterocycles. The first-order valence-electron chi connectivity index (χ1n) is 8.50. The molecule has 8 heteroatoms. The van der Waals surface area contributed by atoms with Crippen LogP contribution in [0.2, 0.25) is 0 Å². The molecule has 0 unspecified atom stereocenters. The lowest BCUT2D eigenvalue weighted by molar-refractivity contribution is 0.0821. The monoisotopic (exact) mass is 396 g/mol. The Hall–Kier alpha value is -3.26. The number of thiazole rings is 1. The second-order valence-corrected chi connectivity index (χ2v) is 7.08. The molecule has 1 aromatic carbocycles. The Kier molecular flexibility index (Phi) is 5.70. The molecule has 2 amide bonds. The highest BCUT2D eigenvalue weighted by Crippen LogP contribution is 2.32. The number of methoxy groups -OCH3 is 1. The number of aromatic nitrogens is 2. The first kappa shape index (κ1) is 19.5. The molecule has 0 saturated heterocycles. The average Bonchev–Trinajstić information content (AvgIpc) is 3.15. The van der Waals surface area contributed by atoms with Crippen LogP contribution in [-0.4, -0.2) is 47.9 Å². The molecular weight excluding hydrogens is 376 g/mol. The molecule has 7 nitrogen and oxygen atoms in total. The number of para-hydroxylation sites is 1. The molecule has 0 aliphatic carbocycles. The molecule has 28 heavy (non-hydrogen) atoms. The summed E-state index contributed by atoms with van der Waals surface area (Å²) in [6.07, 6.45) is 0. The summed E-state index contributed by atoms with van der Waals surface area (Å²) in [6.45, 7) is 1.70. The number of nitrogens with zero attached hydrogens (tertiary/aromatic N) is 3. The number of carbonyl (C=O) groups is 2. The Morgan fingerprint density at radius 3 is 2.54 bits per heavy atom. The Morgan fingerprint density at radius 1 is 1.11 bits per heavy atom. The van der Waals surface area contributed by atoms with Crippen LogP contribution in [0.4, 0.5) is 5.13 Å². The van der Waals surface area contributed by atoms with E-state index in [2.05, 4.69) is 15.3 Å². The second kappa shape index (κ2) is 8.18. The van der Waals surface area contributed by atoms with Crippen LogP contribution >= 0.6 is 11.3 Å². The standard InChI is InChI=1S/C20H20N4O3S/c1-12-13(9-10-15(21-12)19(26)24(2)3)18(25)23-20-22-16(11-28-20)14-7-5-6-8-17(14)27-4/h5-11H,1-4H3,(H,22,23,25). The van der Waals surface area contributed by atoms with Crippen molar-refractivity contribution in [1.82, 2.24) is 14.9 Å². The molecule has 0 atom stereocenters. The van der Waals surface area contributed by atoms with Crippen molar-refractivity contribution in [3.63, 3.8) is 0 Å². The highest BCUT2D eigenvalue weighted by molar-refractivity contribution is 7.14. The van der Waals surface area contributed by atoms with Gasteiger partial charge in [0.1, 0.15) is 11.4 Å². The molecule has 0 spiro atoms. The summed E-state index contributed by atoms with van der Waals surface area (Å²) in [5, 5.41) is 5.12. The third-order valence-corrected chi connectivity index (χ3v) is 4.82. The van der Waals surface area contributed by atoms with E-state index in [1.165, 1.54) is 16.2 Å². The van der Waals surface area contributed by atoms with E-state index in [1.54, 1.807) is 40.3 Å². The van der Waals surface area contributed by atoms with Crippen LogP contribution in [-0.2, 0) is 0 Å². The van der Waals surface area contributed by atoms with E-state index in [9.17, 15) is 9.59 Å². The molecule has 3 aromatic rings. The second-order valence-electron chi connectivity index (χ2n) is 6.22. The zero-order valence-electron chi connectivity index (χ0n) is 16.0. The number of nitrogens with one attached hydrogen (secondary N) is 1. The van der Waals surface area contributed by atoms with Crippen molar-refractivity contribution in [3.05, 3.63) is 58.7 Å². The summed E-state index contributed by atoms with van der Waals surface area (Å²) in [4.78, 5) is 34.8. The molecule has 0 fully saturated rings. The summed E-state index contributed by atoms with van der Waals surface area (Å²) in [5.41, 5.74) is 2.74. The van der Waals surface area contributed by atoms with E-state index < -0.39 is 0 Å². The van der Waals surface area contributed by atoms with Gasteiger partial charge in [-0.2, -0.15) is 0 Å². The maximum atomic E-state index is 12.6. The predicted octanol–water partition coefficient (Wildman–Crippen LogP) is 3.48. The molecule has 0 radical (unpaired) electrons. The Bertz CT molecular complexity index is 1030. The lowest BCUT2D eigenvalue weighted by atomic mass is 10.1. The van der Waals surface area contributed by atoms with Gasteiger partial charge in [0.15, 0.2) is 5.13 Å². The van der Waals surface area contributed by atoms with E-state index in [-0.39, 0.29) is 11.8 Å². The van der Waals surface area contributed by atoms with E-state index in [0.717, 1.165) is 11.3 Å². The topological polar surface area (TPSA) is 84.4 Å². The molecule has 0 aliphatic heterocycles. The third kappa shape index (κ3) is 4.01. The van der Waals surface area contributed by atoms with Crippen LogP contribution < -0.4 is 10.1 Å². The lowest BCUT2D eigenvalue weighted by Crippen LogP contribution is -2.23. The van der Waals surface area contributed by atoms with Gasteiger partial charge in [-0.1, -0.05) is 12.1 Å². The summed E-state index contributed by atoms with van der Waals surface area (Å²) >= 11 is 1.32. The van der Waals surface area contributed by atoms with Gasteiger partial charge >= 0.3 is 0 Å². The number of pyridine rings is 1. The van der Waals surface area contributed by atoms with Gasteiger partial charge in [0.2, 0.25) is 0 Å². The van der Waals surface area contributed by atoms with Gasteiger partial charge in [-0.3, -0.25) is 14.9 Å². The minimum Gasteiger partial charge on any atom is -0.496 e. The van der Waals surface area contributed by atoms with Crippen molar-refractivity contribution in [2.45, 2.75) is 6.92 Å². The number of hydrogen-bond donors (Lipinski definition) is 1. The van der Waals surface area contributed by atoms with Gasteiger partial charge in [-0.15, -0.1) is 11.3 Å².